The van der Waals surface area contributed by atoms with Crippen LogP contribution in [0.25, 0.3) is 11.3 Å². The average Bonchev–Trinajstić information content (AvgIpc) is 3.10. The zero-order valence-electron chi connectivity index (χ0n) is 13.7. The van der Waals surface area contributed by atoms with E-state index >= 15 is 0 Å². The minimum atomic E-state index is -0.570. The van der Waals surface area contributed by atoms with E-state index < -0.39 is 5.97 Å². The van der Waals surface area contributed by atoms with Gasteiger partial charge >= 0.3 is 5.97 Å². The average molecular weight is 446 g/mol. The summed E-state index contributed by atoms with van der Waals surface area (Å²) in [7, 11) is 0. The van der Waals surface area contributed by atoms with Gasteiger partial charge in [0.15, 0.2) is 6.61 Å². The fraction of sp³-hybridized carbons (Fsp3) is 0.105. The molecule has 0 saturated carbocycles. The number of ether oxygens (including phenoxy) is 2. The second kappa shape index (κ2) is 8.89. The number of carbonyl (C=O) groups is 1. The highest BCUT2D eigenvalue weighted by Crippen LogP contribution is 2.34. The molecule has 0 fully saturated rings. The van der Waals surface area contributed by atoms with Crippen LogP contribution in [0, 0.1) is 0 Å². The van der Waals surface area contributed by atoms with Crippen molar-refractivity contribution in [2.75, 3.05) is 6.61 Å². The number of rotatable bonds is 6. The fourth-order valence-electron chi connectivity index (χ4n) is 2.22. The third-order valence-corrected chi connectivity index (χ3v) is 4.84. The molecule has 4 nitrogen and oxygen atoms in total. The van der Waals surface area contributed by atoms with E-state index in [1.807, 2.05) is 0 Å². The summed E-state index contributed by atoms with van der Waals surface area (Å²) in [6, 6.07) is 13.4. The molecular formula is C19H12Cl4O4. The van der Waals surface area contributed by atoms with E-state index in [1.54, 1.807) is 42.5 Å². The molecule has 0 radical (unpaired) electrons. The number of hydrogen-bond donors (Lipinski definition) is 0. The minimum Gasteiger partial charge on any atom is -0.480 e. The predicted molar refractivity (Wildman–Crippen MR) is 106 cm³/mol. The Labute approximate surface area is 175 Å². The summed E-state index contributed by atoms with van der Waals surface area (Å²) in [6.07, 6.45) is 0. The zero-order chi connectivity index (χ0) is 19.4. The molecule has 0 N–H and O–H groups in total. The molecule has 0 unspecified atom stereocenters. The lowest BCUT2D eigenvalue weighted by molar-refractivity contribution is -0.147. The van der Waals surface area contributed by atoms with Crippen LogP contribution < -0.4 is 4.74 Å². The molecule has 1 aromatic heterocycles. The lowest BCUT2D eigenvalue weighted by Gasteiger charge is -2.08. The van der Waals surface area contributed by atoms with Gasteiger partial charge in [0, 0.05) is 10.6 Å². The van der Waals surface area contributed by atoms with Crippen LogP contribution in [-0.2, 0) is 16.1 Å². The number of halogens is 4. The van der Waals surface area contributed by atoms with E-state index in [0.717, 1.165) is 0 Å². The van der Waals surface area contributed by atoms with E-state index in [0.29, 0.717) is 42.9 Å². The van der Waals surface area contributed by atoms with E-state index in [9.17, 15) is 4.79 Å². The normalized spacial score (nSPS) is 10.7. The summed E-state index contributed by atoms with van der Waals surface area (Å²) in [4.78, 5) is 11.8. The van der Waals surface area contributed by atoms with Gasteiger partial charge in [-0.15, -0.1) is 0 Å². The first kappa shape index (κ1) is 19.9. The summed E-state index contributed by atoms with van der Waals surface area (Å²) in [5.74, 6) is 0.755. The minimum absolute atomic E-state index is 0.0469. The largest absolute Gasteiger partial charge is 0.480 e. The highest BCUT2D eigenvalue weighted by molar-refractivity contribution is 6.43. The zero-order valence-corrected chi connectivity index (χ0v) is 16.7. The summed E-state index contributed by atoms with van der Waals surface area (Å²) >= 11 is 24.0. The Hall–Kier alpha value is -1.85. The molecule has 140 valence electrons. The van der Waals surface area contributed by atoms with Gasteiger partial charge in [0.2, 0.25) is 0 Å². The maximum absolute atomic E-state index is 11.8. The number of esters is 1. The number of furan rings is 1. The van der Waals surface area contributed by atoms with Crippen molar-refractivity contribution in [3.63, 3.8) is 0 Å². The van der Waals surface area contributed by atoms with Crippen molar-refractivity contribution in [1.29, 1.82) is 0 Å². The Morgan fingerprint density at radius 1 is 0.963 bits per heavy atom. The highest BCUT2D eigenvalue weighted by atomic mass is 35.5. The summed E-state index contributed by atoms with van der Waals surface area (Å²) < 4.78 is 16.1. The van der Waals surface area contributed by atoms with E-state index in [2.05, 4.69) is 0 Å². The molecular weight excluding hydrogens is 434 g/mol. The Morgan fingerprint density at radius 3 is 2.56 bits per heavy atom. The van der Waals surface area contributed by atoms with Gasteiger partial charge in [0.05, 0.1) is 15.1 Å². The number of hydrogen-bond acceptors (Lipinski definition) is 4. The van der Waals surface area contributed by atoms with Gasteiger partial charge in [-0.25, -0.2) is 4.79 Å². The van der Waals surface area contributed by atoms with Crippen molar-refractivity contribution in [3.8, 4) is 17.1 Å². The SMILES string of the molecule is O=C(COc1ccc(Cl)cc1Cl)OCc1ccc(-c2cccc(Cl)c2Cl)o1. The van der Waals surface area contributed by atoms with Crippen LogP contribution in [0.4, 0.5) is 0 Å². The fourth-order valence-corrected chi connectivity index (χ4v) is 3.07. The van der Waals surface area contributed by atoms with Gasteiger partial charge in [-0.05, 0) is 42.5 Å². The number of benzene rings is 2. The first-order chi connectivity index (χ1) is 12.9. The molecule has 1 heterocycles. The molecule has 0 aliphatic carbocycles. The lowest BCUT2D eigenvalue weighted by Crippen LogP contribution is -2.14. The maximum Gasteiger partial charge on any atom is 0.344 e. The summed E-state index contributed by atoms with van der Waals surface area (Å²) in [6.45, 7) is -0.343. The first-order valence-corrected chi connectivity index (χ1v) is 9.22. The Balaban J connectivity index is 1.55. The molecule has 3 aromatic rings. The van der Waals surface area contributed by atoms with Crippen molar-refractivity contribution in [2.45, 2.75) is 6.61 Å². The molecule has 0 saturated heterocycles. The van der Waals surface area contributed by atoms with Crippen molar-refractivity contribution in [3.05, 3.63) is 74.4 Å². The van der Waals surface area contributed by atoms with Crippen LogP contribution in [0.3, 0.4) is 0 Å². The second-order valence-electron chi connectivity index (χ2n) is 5.39. The van der Waals surface area contributed by atoms with Gasteiger partial charge in [-0.2, -0.15) is 0 Å². The first-order valence-electron chi connectivity index (χ1n) is 7.70. The molecule has 0 aliphatic heterocycles. The molecule has 0 bridgehead atoms. The smallest absolute Gasteiger partial charge is 0.344 e. The lowest BCUT2D eigenvalue weighted by atomic mass is 10.2. The third kappa shape index (κ3) is 5.11. The standard InChI is InChI=1S/C19H12Cl4O4/c20-11-4-6-17(15(22)8-11)25-10-18(24)26-9-12-5-7-16(27-12)13-2-1-3-14(21)19(13)23/h1-8H,9-10H2. The molecule has 0 amide bonds. The Kier molecular flexibility index (Phi) is 6.55. The molecule has 0 aliphatic rings. The molecule has 0 spiro atoms. The van der Waals surface area contributed by atoms with Crippen LogP contribution in [0.2, 0.25) is 20.1 Å². The predicted octanol–water partition coefficient (Wildman–Crippen LogP) is 6.68. The molecule has 0 atom stereocenters. The van der Waals surface area contributed by atoms with Crippen molar-refractivity contribution in [2.24, 2.45) is 0 Å². The van der Waals surface area contributed by atoms with Crippen LogP contribution in [0.1, 0.15) is 5.76 Å². The van der Waals surface area contributed by atoms with E-state index in [-0.39, 0.29) is 13.2 Å². The van der Waals surface area contributed by atoms with Crippen molar-refractivity contribution < 1.29 is 18.7 Å². The highest BCUT2D eigenvalue weighted by Gasteiger charge is 2.13. The maximum atomic E-state index is 11.8. The van der Waals surface area contributed by atoms with Gasteiger partial charge in [0.25, 0.3) is 0 Å². The molecule has 8 heteroatoms. The molecule has 2 aromatic carbocycles. The van der Waals surface area contributed by atoms with E-state index in [1.165, 1.54) is 6.07 Å². The second-order valence-corrected chi connectivity index (χ2v) is 7.02. The van der Waals surface area contributed by atoms with Crippen molar-refractivity contribution >= 4 is 52.4 Å². The summed E-state index contributed by atoms with van der Waals surface area (Å²) in [5.41, 5.74) is 0.655. The van der Waals surface area contributed by atoms with Gasteiger partial charge in [-0.1, -0.05) is 52.5 Å². The van der Waals surface area contributed by atoms with Gasteiger partial charge in [-0.3, -0.25) is 0 Å². The topological polar surface area (TPSA) is 48.7 Å². The van der Waals surface area contributed by atoms with Crippen LogP contribution in [-0.4, -0.2) is 12.6 Å². The Morgan fingerprint density at radius 2 is 1.78 bits per heavy atom. The molecule has 3 rings (SSSR count). The summed E-state index contributed by atoms with van der Waals surface area (Å²) in [5, 5.41) is 1.61. The van der Waals surface area contributed by atoms with Crippen molar-refractivity contribution in [1.82, 2.24) is 0 Å². The van der Waals surface area contributed by atoms with Crippen LogP contribution in [0.5, 0.6) is 5.75 Å². The monoisotopic (exact) mass is 444 g/mol. The Bertz CT molecular complexity index is 968. The van der Waals surface area contributed by atoms with Crippen LogP contribution in [0.15, 0.2) is 52.9 Å². The van der Waals surface area contributed by atoms with Crippen LogP contribution >= 0.6 is 46.4 Å². The van der Waals surface area contributed by atoms with Gasteiger partial charge < -0.3 is 13.9 Å². The quantitative estimate of drug-likeness (QED) is 0.397. The van der Waals surface area contributed by atoms with Gasteiger partial charge in [0.1, 0.15) is 23.9 Å². The van der Waals surface area contributed by atoms with E-state index in [4.69, 9.17) is 60.3 Å². The molecule has 27 heavy (non-hydrogen) atoms. The third-order valence-electron chi connectivity index (χ3n) is 3.49. The number of carbonyl (C=O) groups excluding carboxylic acids is 1.